The van der Waals surface area contributed by atoms with Gasteiger partial charge < -0.3 is 9.47 Å². The molecule has 0 aromatic rings. The van der Waals surface area contributed by atoms with E-state index in [1.54, 1.807) is 0 Å². The van der Waals surface area contributed by atoms with Crippen molar-refractivity contribution in [3.8, 4) is 0 Å². The molecule has 1 aliphatic rings. The molecule has 72 valence electrons. The van der Waals surface area contributed by atoms with E-state index in [0.29, 0.717) is 6.61 Å². The maximum Gasteiger partial charge on any atom is 0.174 e. The van der Waals surface area contributed by atoms with Crippen molar-refractivity contribution in [1.29, 1.82) is 0 Å². The molecule has 1 rings (SSSR count). The smallest absolute Gasteiger partial charge is 0.174 e. The topological polar surface area (TPSA) is 18.5 Å². The summed E-state index contributed by atoms with van der Waals surface area (Å²) >= 11 is 6.08. The van der Waals surface area contributed by atoms with Crippen LogP contribution in [0, 0.1) is 0 Å². The highest BCUT2D eigenvalue weighted by Gasteiger charge is 2.28. The van der Waals surface area contributed by atoms with E-state index in [2.05, 4.69) is 6.92 Å². The molecule has 3 heteroatoms. The number of halogens is 1. The van der Waals surface area contributed by atoms with E-state index in [0.717, 1.165) is 12.8 Å². The lowest BCUT2D eigenvalue weighted by Gasteiger charge is -2.15. The Morgan fingerprint density at radius 1 is 1.58 bits per heavy atom. The van der Waals surface area contributed by atoms with E-state index in [-0.39, 0.29) is 17.8 Å². The van der Waals surface area contributed by atoms with Crippen LogP contribution in [0.1, 0.15) is 33.1 Å². The highest BCUT2D eigenvalue weighted by atomic mass is 35.5. The van der Waals surface area contributed by atoms with Crippen molar-refractivity contribution >= 4 is 11.6 Å². The number of unbranched alkanes of at least 4 members (excludes halogenated alkanes) is 1. The first kappa shape index (κ1) is 10.3. The zero-order valence-electron chi connectivity index (χ0n) is 7.75. The highest BCUT2D eigenvalue weighted by Crippen LogP contribution is 2.21. The normalized spacial score (nSPS) is 32.2. The first-order chi connectivity index (χ1) is 5.74. The summed E-state index contributed by atoms with van der Waals surface area (Å²) < 4.78 is 10.8. The zero-order chi connectivity index (χ0) is 8.97. The minimum Gasteiger partial charge on any atom is -0.348 e. The summed E-state index contributed by atoms with van der Waals surface area (Å²) in [6.07, 6.45) is 3.33. The van der Waals surface area contributed by atoms with E-state index in [1.807, 2.05) is 6.92 Å². The Bertz CT molecular complexity index is 130. The lowest BCUT2D eigenvalue weighted by atomic mass is 10.2. The van der Waals surface area contributed by atoms with E-state index < -0.39 is 0 Å². The summed E-state index contributed by atoms with van der Waals surface area (Å²) in [5.41, 5.74) is 0. The number of ether oxygens (including phenoxy) is 2. The van der Waals surface area contributed by atoms with Gasteiger partial charge in [-0.2, -0.15) is 0 Å². The summed E-state index contributed by atoms with van der Waals surface area (Å²) in [6, 6.07) is 0. The third-order valence-electron chi connectivity index (χ3n) is 1.99. The maximum absolute atomic E-state index is 6.08. The van der Waals surface area contributed by atoms with Gasteiger partial charge in [0.25, 0.3) is 0 Å². The van der Waals surface area contributed by atoms with Crippen LogP contribution in [0.15, 0.2) is 0 Å². The van der Waals surface area contributed by atoms with Crippen LogP contribution < -0.4 is 0 Å². The lowest BCUT2D eigenvalue weighted by molar-refractivity contribution is -0.0572. The van der Waals surface area contributed by atoms with Gasteiger partial charge in [0, 0.05) is 0 Å². The summed E-state index contributed by atoms with van der Waals surface area (Å²) in [6.45, 7) is 4.84. The fourth-order valence-corrected chi connectivity index (χ4v) is 1.55. The number of hydrogen-bond acceptors (Lipinski definition) is 2. The van der Waals surface area contributed by atoms with Crippen LogP contribution in [0.5, 0.6) is 0 Å². The molecule has 0 amide bonds. The Kier molecular flexibility index (Phi) is 4.33. The van der Waals surface area contributed by atoms with Gasteiger partial charge in [0.1, 0.15) is 0 Å². The molecule has 0 spiro atoms. The van der Waals surface area contributed by atoms with Crippen LogP contribution >= 0.6 is 11.6 Å². The lowest BCUT2D eigenvalue weighted by Crippen LogP contribution is -2.22. The van der Waals surface area contributed by atoms with Gasteiger partial charge in [0.2, 0.25) is 0 Å². The van der Waals surface area contributed by atoms with Gasteiger partial charge in [0.05, 0.1) is 18.1 Å². The summed E-state index contributed by atoms with van der Waals surface area (Å²) in [4.78, 5) is 0. The Hall–Kier alpha value is 0.210. The van der Waals surface area contributed by atoms with E-state index in [4.69, 9.17) is 21.1 Å². The molecule has 12 heavy (non-hydrogen) atoms. The molecule has 0 radical (unpaired) electrons. The molecule has 0 aromatic carbocycles. The van der Waals surface area contributed by atoms with Crippen molar-refractivity contribution < 1.29 is 9.47 Å². The third-order valence-corrected chi connectivity index (χ3v) is 2.41. The molecule has 1 saturated heterocycles. The minimum atomic E-state index is -0.173. The van der Waals surface area contributed by atoms with Crippen molar-refractivity contribution in [2.45, 2.75) is 50.9 Å². The first-order valence-corrected chi connectivity index (χ1v) is 5.08. The van der Waals surface area contributed by atoms with E-state index >= 15 is 0 Å². The SMILES string of the molecule is CCCCC(Cl)C1OCC(C)O1. The summed E-state index contributed by atoms with van der Waals surface area (Å²) in [5.74, 6) is 0. The predicted octanol–water partition coefficient (Wildman–Crippen LogP) is 2.55. The van der Waals surface area contributed by atoms with Gasteiger partial charge in [-0.1, -0.05) is 19.8 Å². The molecule has 0 bridgehead atoms. The minimum absolute atomic E-state index is 0.0231. The quantitative estimate of drug-likeness (QED) is 0.638. The van der Waals surface area contributed by atoms with Gasteiger partial charge in [-0.3, -0.25) is 0 Å². The molecule has 2 nitrogen and oxygen atoms in total. The first-order valence-electron chi connectivity index (χ1n) is 4.65. The Labute approximate surface area is 79.2 Å². The summed E-state index contributed by atoms with van der Waals surface area (Å²) in [5, 5.41) is 0.0231. The number of alkyl halides is 1. The van der Waals surface area contributed by atoms with E-state index in [9.17, 15) is 0 Å². The Morgan fingerprint density at radius 2 is 2.33 bits per heavy atom. The molecule has 3 unspecified atom stereocenters. The second-order valence-electron chi connectivity index (χ2n) is 3.31. The molecule has 0 saturated carbocycles. The Morgan fingerprint density at radius 3 is 2.83 bits per heavy atom. The second kappa shape index (κ2) is 5.05. The predicted molar refractivity (Wildman–Crippen MR) is 49.5 cm³/mol. The average molecular weight is 193 g/mol. The van der Waals surface area contributed by atoms with Crippen molar-refractivity contribution in [3.05, 3.63) is 0 Å². The molecular formula is C9H17ClO2. The van der Waals surface area contributed by atoms with Gasteiger partial charge in [-0.05, 0) is 13.3 Å². The molecule has 1 aliphatic heterocycles. The maximum atomic E-state index is 6.08. The van der Waals surface area contributed by atoms with E-state index in [1.165, 1.54) is 6.42 Å². The third kappa shape index (κ3) is 2.92. The second-order valence-corrected chi connectivity index (χ2v) is 3.87. The van der Waals surface area contributed by atoms with Gasteiger partial charge in [0.15, 0.2) is 6.29 Å². The average Bonchev–Trinajstić information content (AvgIpc) is 2.47. The molecule has 0 N–H and O–H groups in total. The van der Waals surface area contributed by atoms with Crippen LogP contribution in [-0.2, 0) is 9.47 Å². The van der Waals surface area contributed by atoms with Crippen molar-refractivity contribution in [1.82, 2.24) is 0 Å². The largest absolute Gasteiger partial charge is 0.348 e. The molecule has 1 heterocycles. The van der Waals surface area contributed by atoms with Crippen molar-refractivity contribution in [2.24, 2.45) is 0 Å². The van der Waals surface area contributed by atoms with Crippen LogP contribution in [0.2, 0.25) is 0 Å². The van der Waals surface area contributed by atoms with Crippen LogP contribution in [0.25, 0.3) is 0 Å². The van der Waals surface area contributed by atoms with Gasteiger partial charge >= 0.3 is 0 Å². The molecule has 3 atom stereocenters. The molecule has 0 aliphatic carbocycles. The molecule has 0 aromatic heterocycles. The van der Waals surface area contributed by atoms with Gasteiger partial charge in [-0.15, -0.1) is 11.6 Å². The fraction of sp³-hybridized carbons (Fsp3) is 1.00. The number of hydrogen-bond donors (Lipinski definition) is 0. The highest BCUT2D eigenvalue weighted by molar-refractivity contribution is 6.20. The molecule has 1 fully saturated rings. The van der Waals surface area contributed by atoms with Crippen molar-refractivity contribution in [3.63, 3.8) is 0 Å². The van der Waals surface area contributed by atoms with Crippen LogP contribution in [-0.4, -0.2) is 24.4 Å². The number of rotatable bonds is 4. The van der Waals surface area contributed by atoms with Crippen molar-refractivity contribution in [2.75, 3.05) is 6.61 Å². The molecular weight excluding hydrogens is 176 g/mol. The van der Waals surface area contributed by atoms with Crippen LogP contribution in [0.4, 0.5) is 0 Å². The zero-order valence-corrected chi connectivity index (χ0v) is 8.51. The van der Waals surface area contributed by atoms with Gasteiger partial charge in [-0.25, -0.2) is 0 Å². The Balaban J connectivity index is 2.18. The monoisotopic (exact) mass is 192 g/mol. The fourth-order valence-electron chi connectivity index (χ4n) is 1.26. The van der Waals surface area contributed by atoms with Crippen LogP contribution in [0.3, 0.4) is 0 Å². The standard InChI is InChI=1S/C9H17ClO2/c1-3-4-5-8(10)9-11-6-7(2)12-9/h7-9H,3-6H2,1-2H3. The summed E-state index contributed by atoms with van der Waals surface area (Å²) in [7, 11) is 0.